The number of hydrogen-bond donors (Lipinski definition) is 0. The van der Waals surface area contributed by atoms with Crippen LogP contribution in [0.3, 0.4) is 0 Å². The molecule has 0 aliphatic carbocycles. The van der Waals surface area contributed by atoms with Crippen molar-refractivity contribution in [1.29, 1.82) is 0 Å². The van der Waals surface area contributed by atoms with Crippen molar-refractivity contribution in [3.63, 3.8) is 0 Å². The van der Waals surface area contributed by atoms with Crippen molar-refractivity contribution < 1.29 is 31.9 Å². The zero-order valence-corrected chi connectivity index (χ0v) is 17.6. The van der Waals surface area contributed by atoms with Crippen molar-refractivity contribution in [3.05, 3.63) is 39.9 Å². The topological polar surface area (TPSA) is 133 Å². The van der Waals surface area contributed by atoms with Gasteiger partial charge < -0.3 is 9.64 Å². The van der Waals surface area contributed by atoms with Crippen molar-refractivity contribution >= 4 is 39.4 Å². The lowest BCUT2D eigenvalue weighted by atomic mass is 9.97. The SMILES string of the molecule is CCS(=O)(=O)O[C@@H]1C(=O)N2[C@@H]1SC(C)(C)[C@@H]2C(=O)OCc1ccc([N+](=O)[O-])cc1. The Morgan fingerprint density at radius 1 is 1.31 bits per heavy atom. The Morgan fingerprint density at radius 2 is 1.93 bits per heavy atom. The zero-order chi connectivity index (χ0) is 21.6. The second-order valence-electron chi connectivity index (χ2n) is 7.15. The summed E-state index contributed by atoms with van der Waals surface area (Å²) in [4.78, 5) is 36.6. The van der Waals surface area contributed by atoms with Gasteiger partial charge in [0.15, 0.2) is 6.10 Å². The van der Waals surface area contributed by atoms with E-state index in [4.69, 9.17) is 8.92 Å². The Morgan fingerprint density at radius 3 is 2.48 bits per heavy atom. The molecule has 0 unspecified atom stereocenters. The van der Waals surface area contributed by atoms with Gasteiger partial charge in [-0.05, 0) is 38.5 Å². The third-order valence-electron chi connectivity index (χ3n) is 4.75. The molecular formula is C17H20N2O8S2. The average Bonchev–Trinajstić information content (AvgIpc) is 2.92. The summed E-state index contributed by atoms with van der Waals surface area (Å²) in [6.07, 6.45) is -1.14. The third-order valence-corrected chi connectivity index (χ3v) is 7.50. The predicted molar refractivity (Wildman–Crippen MR) is 103 cm³/mol. The lowest BCUT2D eigenvalue weighted by Gasteiger charge is -2.42. The number of rotatable bonds is 7. The molecule has 0 aromatic heterocycles. The second-order valence-corrected chi connectivity index (χ2v) is 10.8. The zero-order valence-electron chi connectivity index (χ0n) is 15.9. The van der Waals surface area contributed by atoms with Gasteiger partial charge in [-0.2, -0.15) is 8.42 Å². The molecule has 2 saturated heterocycles. The molecule has 1 amide bonds. The summed E-state index contributed by atoms with van der Waals surface area (Å²) in [7, 11) is -3.81. The summed E-state index contributed by atoms with van der Waals surface area (Å²) < 4.78 is 33.0. The fourth-order valence-corrected chi connectivity index (χ4v) is 5.53. The summed E-state index contributed by atoms with van der Waals surface area (Å²) in [5.41, 5.74) is 0.490. The number of benzene rings is 1. The van der Waals surface area contributed by atoms with Crippen molar-refractivity contribution in [2.45, 2.75) is 49.6 Å². The Labute approximate surface area is 171 Å². The number of ether oxygens (including phenoxy) is 1. The maximum absolute atomic E-state index is 12.7. The van der Waals surface area contributed by atoms with Gasteiger partial charge >= 0.3 is 5.97 Å². The average molecular weight is 444 g/mol. The van der Waals surface area contributed by atoms with Gasteiger partial charge in [0, 0.05) is 16.9 Å². The van der Waals surface area contributed by atoms with E-state index in [2.05, 4.69) is 0 Å². The summed E-state index contributed by atoms with van der Waals surface area (Å²) in [5.74, 6) is -1.45. The predicted octanol–water partition coefficient (Wildman–Crippen LogP) is 1.44. The van der Waals surface area contributed by atoms with E-state index in [1.165, 1.54) is 47.9 Å². The number of carbonyl (C=O) groups is 2. The highest BCUT2D eigenvalue weighted by Crippen LogP contribution is 2.52. The van der Waals surface area contributed by atoms with Gasteiger partial charge in [-0.1, -0.05) is 0 Å². The highest BCUT2D eigenvalue weighted by molar-refractivity contribution is 8.01. The molecule has 2 aliphatic heterocycles. The molecule has 0 saturated carbocycles. The van der Waals surface area contributed by atoms with Crippen molar-refractivity contribution in [3.8, 4) is 0 Å². The number of fused-ring (bicyclic) bond motifs is 1. The van der Waals surface area contributed by atoms with Gasteiger partial charge in [0.2, 0.25) is 0 Å². The quantitative estimate of drug-likeness (QED) is 0.201. The van der Waals surface area contributed by atoms with E-state index in [0.717, 1.165) is 0 Å². The second kappa shape index (κ2) is 7.58. The molecule has 0 spiro atoms. The van der Waals surface area contributed by atoms with E-state index in [1.54, 1.807) is 13.8 Å². The molecule has 0 radical (unpaired) electrons. The number of hydrogen-bond acceptors (Lipinski definition) is 9. The maximum Gasteiger partial charge on any atom is 0.330 e. The minimum atomic E-state index is -3.81. The molecule has 29 heavy (non-hydrogen) atoms. The first kappa shape index (κ1) is 21.5. The van der Waals surface area contributed by atoms with E-state index in [-0.39, 0.29) is 18.0 Å². The molecule has 2 fully saturated rings. The number of amides is 1. The minimum Gasteiger partial charge on any atom is -0.459 e. The van der Waals surface area contributed by atoms with E-state index < -0.39 is 49.2 Å². The van der Waals surface area contributed by atoms with Gasteiger partial charge in [-0.3, -0.25) is 19.1 Å². The van der Waals surface area contributed by atoms with Crippen LogP contribution in [0.2, 0.25) is 0 Å². The van der Waals surface area contributed by atoms with Crippen LogP contribution in [0.4, 0.5) is 5.69 Å². The number of β-lactam (4-membered cyclic amide) rings is 1. The third kappa shape index (κ3) is 4.09. The molecule has 2 aliphatic rings. The lowest BCUT2D eigenvalue weighted by Crippen LogP contribution is -2.66. The number of carbonyl (C=O) groups excluding carboxylic acids is 2. The first-order valence-electron chi connectivity index (χ1n) is 8.78. The van der Waals surface area contributed by atoms with Gasteiger partial charge in [0.05, 0.1) is 10.7 Å². The van der Waals surface area contributed by atoms with Gasteiger partial charge in [0.1, 0.15) is 18.0 Å². The molecule has 1 aromatic carbocycles. The summed E-state index contributed by atoms with van der Waals surface area (Å²) >= 11 is 1.28. The van der Waals surface area contributed by atoms with Crippen molar-refractivity contribution in [1.82, 2.24) is 4.90 Å². The molecule has 158 valence electrons. The number of thioether (sulfide) groups is 1. The van der Waals surface area contributed by atoms with Crippen LogP contribution in [0.25, 0.3) is 0 Å². The van der Waals surface area contributed by atoms with Gasteiger partial charge in [-0.25, -0.2) is 4.79 Å². The molecular weight excluding hydrogens is 424 g/mol. The number of esters is 1. The summed E-state index contributed by atoms with van der Waals surface area (Å²) in [6.45, 7) is 4.85. The van der Waals surface area contributed by atoms with Crippen molar-refractivity contribution in [2.24, 2.45) is 0 Å². The Balaban J connectivity index is 1.67. The monoisotopic (exact) mass is 444 g/mol. The van der Waals surface area contributed by atoms with E-state index >= 15 is 0 Å². The van der Waals surface area contributed by atoms with Crippen LogP contribution >= 0.6 is 11.8 Å². The van der Waals surface area contributed by atoms with Crippen LogP contribution in [0.15, 0.2) is 24.3 Å². The van der Waals surface area contributed by atoms with Crippen LogP contribution in [0.5, 0.6) is 0 Å². The minimum absolute atomic E-state index is 0.0736. The standard InChI is InChI=1S/C17H20N2O8S2/c1-4-29(24,25)27-12-14(20)18-13(17(2,3)28-15(12)18)16(21)26-9-10-5-7-11(8-6-10)19(22)23/h5-8,12-13,15H,4,9H2,1-3H3/t12-,13+,15-/m1/s1. The van der Waals surface area contributed by atoms with E-state index in [0.29, 0.717) is 5.56 Å². The fourth-order valence-electron chi connectivity index (χ4n) is 3.22. The van der Waals surface area contributed by atoms with Crippen LogP contribution < -0.4 is 0 Å². The van der Waals surface area contributed by atoms with Crippen molar-refractivity contribution in [2.75, 3.05) is 5.75 Å². The molecule has 2 heterocycles. The Kier molecular flexibility index (Phi) is 5.62. The van der Waals surface area contributed by atoms with Gasteiger partial charge in [-0.15, -0.1) is 11.8 Å². The number of nitro groups is 1. The highest BCUT2D eigenvalue weighted by Gasteiger charge is 2.65. The molecule has 0 bridgehead atoms. The molecule has 10 nitrogen and oxygen atoms in total. The highest BCUT2D eigenvalue weighted by atomic mass is 32.2. The molecule has 1 aromatic rings. The Bertz CT molecular complexity index is 945. The largest absolute Gasteiger partial charge is 0.459 e. The van der Waals surface area contributed by atoms with E-state index in [1.807, 2.05) is 0 Å². The van der Waals surface area contributed by atoms with Crippen LogP contribution in [-0.4, -0.2) is 58.1 Å². The number of nitro benzene ring substituents is 1. The fraction of sp³-hybridized carbons (Fsp3) is 0.529. The van der Waals surface area contributed by atoms with Crippen LogP contribution in [0, 0.1) is 10.1 Å². The van der Waals surface area contributed by atoms with Crippen LogP contribution in [-0.2, 0) is 35.2 Å². The number of nitrogens with zero attached hydrogens (tertiary/aromatic N) is 2. The van der Waals surface area contributed by atoms with E-state index in [9.17, 15) is 28.1 Å². The molecule has 3 atom stereocenters. The van der Waals surface area contributed by atoms with Crippen LogP contribution in [0.1, 0.15) is 26.3 Å². The Hall–Kier alpha value is -2.18. The molecule has 3 rings (SSSR count). The molecule has 0 N–H and O–H groups in total. The maximum atomic E-state index is 12.7. The summed E-state index contributed by atoms with van der Waals surface area (Å²) in [6, 6.07) is 4.69. The smallest absolute Gasteiger partial charge is 0.330 e. The number of non-ortho nitro benzene ring substituents is 1. The lowest BCUT2D eigenvalue weighted by molar-refractivity contribution is -0.384. The van der Waals surface area contributed by atoms with Gasteiger partial charge in [0.25, 0.3) is 21.7 Å². The molecule has 12 heteroatoms. The first-order valence-corrected chi connectivity index (χ1v) is 11.2. The normalized spacial score (nSPS) is 25.3. The first-order chi connectivity index (χ1) is 13.5. The summed E-state index contributed by atoms with van der Waals surface area (Å²) in [5, 5.41) is 10.1.